The second-order valence-electron chi connectivity index (χ2n) is 5.48. The average molecular weight is 336 g/mol. The van der Waals surface area contributed by atoms with Crippen LogP contribution in [0.1, 0.15) is 23.2 Å². The van der Waals surface area contributed by atoms with Crippen LogP contribution >= 0.6 is 0 Å². The van der Waals surface area contributed by atoms with Crippen molar-refractivity contribution in [1.29, 1.82) is 0 Å². The van der Waals surface area contributed by atoms with Crippen LogP contribution in [0.25, 0.3) is 0 Å². The summed E-state index contributed by atoms with van der Waals surface area (Å²) in [5.74, 6) is -0.423. The first-order chi connectivity index (χ1) is 11.4. The van der Waals surface area contributed by atoms with Gasteiger partial charge in [-0.15, -0.1) is 0 Å². The quantitative estimate of drug-likeness (QED) is 0.933. The van der Waals surface area contributed by atoms with Gasteiger partial charge in [-0.25, -0.2) is 9.97 Å². The summed E-state index contributed by atoms with van der Waals surface area (Å²) in [5, 5.41) is 2.95. The van der Waals surface area contributed by atoms with Gasteiger partial charge in [0.1, 0.15) is 6.04 Å². The highest BCUT2D eigenvalue weighted by atomic mass is 19.4. The normalized spacial score (nSPS) is 17.8. The van der Waals surface area contributed by atoms with Crippen molar-refractivity contribution in [2.45, 2.75) is 25.1 Å². The van der Waals surface area contributed by atoms with Crippen LogP contribution in [0.5, 0.6) is 0 Å². The van der Waals surface area contributed by atoms with Crippen LogP contribution in [0.15, 0.2) is 42.7 Å². The number of rotatable bonds is 3. The molecule has 0 radical (unpaired) electrons. The van der Waals surface area contributed by atoms with Crippen LogP contribution in [0, 0.1) is 0 Å². The number of anilines is 2. The Kier molecular flexibility index (Phi) is 4.37. The number of halogens is 3. The van der Waals surface area contributed by atoms with Gasteiger partial charge in [0.15, 0.2) is 0 Å². The molecule has 0 saturated carbocycles. The molecule has 2 aromatic rings. The van der Waals surface area contributed by atoms with E-state index in [-0.39, 0.29) is 24.5 Å². The maximum absolute atomic E-state index is 13.0. The lowest BCUT2D eigenvalue weighted by Crippen LogP contribution is -2.44. The summed E-state index contributed by atoms with van der Waals surface area (Å²) in [5.41, 5.74) is 0.818. The molecule has 1 aliphatic rings. The number of alkyl halides is 3. The van der Waals surface area contributed by atoms with Crippen LogP contribution < -0.4 is 5.32 Å². The first-order valence-corrected chi connectivity index (χ1v) is 7.47. The Morgan fingerprint density at radius 3 is 2.46 bits per heavy atom. The van der Waals surface area contributed by atoms with E-state index in [1.54, 1.807) is 0 Å². The molecule has 2 heterocycles. The van der Waals surface area contributed by atoms with Crippen LogP contribution in [0.4, 0.5) is 24.8 Å². The zero-order valence-electron chi connectivity index (χ0n) is 12.6. The van der Waals surface area contributed by atoms with Crippen LogP contribution in [-0.4, -0.2) is 39.5 Å². The van der Waals surface area contributed by atoms with Crippen LogP contribution in [0.2, 0.25) is 0 Å². The van der Waals surface area contributed by atoms with Crippen molar-refractivity contribution in [3.05, 3.63) is 48.3 Å². The van der Waals surface area contributed by atoms with Crippen molar-refractivity contribution in [1.82, 2.24) is 14.9 Å². The van der Waals surface area contributed by atoms with Gasteiger partial charge in [0.25, 0.3) is 5.91 Å². The minimum absolute atomic E-state index is 0.0461. The molecular weight excluding hydrogens is 321 g/mol. The maximum Gasteiger partial charge on any atom is 0.408 e. The molecule has 1 aromatic heterocycles. The van der Waals surface area contributed by atoms with Gasteiger partial charge in [0.05, 0.1) is 5.56 Å². The Hall–Kier alpha value is -2.64. The van der Waals surface area contributed by atoms with E-state index in [1.165, 1.54) is 12.4 Å². The highest BCUT2D eigenvalue weighted by Crippen LogP contribution is 2.33. The lowest BCUT2D eigenvalue weighted by molar-refractivity contribution is -0.169. The number of para-hydroxylation sites is 1. The monoisotopic (exact) mass is 336 g/mol. The topological polar surface area (TPSA) is 58.1 Å². The Morgan fingerprint density at radius 2 is 1.83 bits per heavy atom. The number of amides is 1. The van der Waals surface area contributed by atoms with E-state index in [1.807, 2.05) is 30.3 Å². The van der Waals surface area contributed by atoms with E-state index >= 15 is 0 Å². The van der Waals surface area contributed by atoms with Crippen molar-refractivity contribution in [3.8, 4) is 0 Å². The van der Waals surface area contributed by atoms with Crippen LogP contribution in [0.3, 0.4) is 0 Å². The van der Waals surface area contributed by atoms with Crippen molar-refractivity contribution < 1.29 is 18.0 Å². The van der Waals surface area contributed by atoms with Gasteiger partial charge in [-0.2, -0.15) is 13.2 Å². The van der Waals surface area contributed by atoms with Crippen molar-refractivity contribution >= 4 is 17.5 Å². The molecule has 1 aromatic carbocycles. The highest BCUT2D eigenvalue weighted by molar-refractivity contribution is 5.94. The minimum Gasteiger partial charge on any atom is -0.326 e. The average Bonchev–Trinajstić information content (AvgIpc) is 3.06. The molecule has 24 heavy (non-hydrogen) atoms. The molecule has 1 unspecified atom stereocenters. The molecule has 1 fully saturated rings. The van der Waals surface area contributed by atoms with E-state index in [2.05, 4.69) is 15.3 Å². The van der Waals surface area contributed by atoms with E-state index < -0.39 is 18.1 Å². The zero-order valence-corrected chi connectivity index (χ0v) is 12.6. The smallest absolute Gasteiger partial charge is 0.326 e. The predicted molar refractivity (Wildman–Crippen MR) is 81.9 cm³/mol. The third kappa shape index (κ3) is 3.47. The van der Waals surface area contributed by atoms with Gasteiger partial charge in [0.2, 0.25) is 5.95 Å². The van der Waals surface area contributed by atoms with Gasteiger partial charge in [-0.3, -0.25) is 4.79 Å². The molecular formula is C16H15F3N4O. The third-order valence-corrected chi connectivity index (χ3v) is 3.82. The fourth-order valence-corrected chi connectivity index (χ4v) is 2.67. The highest BCUT2D eigenvalue weighted by Gasteiger charge is 2.47. The molecule has 5 nitrogen and oxygen atoms in total. The Bertz CT molecular complexity index is 704. The molecule has 126 valence electrons. The van der Waals surface area contributed by atoms with Gasteiger partial charge in [-0.1, -0.05) is 18.2 Å². The molecule has 3 rings (SSSR count). The molecule has 0 bridgehead atoms. The number of nitrogens with one attached hydrogen (secondary N) is 1. The van der Waals surface area contributed by atoms with Crippen molar-refractivity contribution in [3.63, 3.8) is 0 Å². The fraction of sp³-hybridized carbons (Fsp3) is 0.312. The molecule has 1 saturated heterocycles. The summed E-state index contributed by atoms with van der Waals surface area (Å²) < 4.78 is 38.9. The minimum atomic E-state index is -4.41. The van der Waals surface area contributed by atoms with E-state index in [0.29, 0.717) is 6.42 Å². The number of benzene rings is 1. The van der Waals surface area contributed by atoms with Crippen LogP contribution in [-0.2, 0) is 0 Å². The predicted octanol–water partition coefficient (Wildman–Crippen LogP) is 3.39. The van der Waals surface area contributed by atoms with Gasteiger partial charge >= 0.3 is 6.18 Å². The second-order valence-corrected chi connectivity index (χ2v) is 5.48. The van der Waals surface area contributed by atoms with Gasteiger partial charge in [-0.05, 0) is 25.0 Å². The number of hydrogen-bond donors (Lipinski definition) is 1. The van der Waals surface area contributed by atoms with E-state index in [0.717, 1.165) is 10.6 Å². The van der Waals surface area contributed by atoms with Gasteiger partial charge < -0.3 is 10.2 Å². The molecule has 1 amide bonds. The lowest BCUT2D eigenvalue weighted by atomic mass is 10.2. The fourth-order valence-electron chi connectivity index (χ4n) is 2.67. The van der Waals surface area contributed by atoms with Crippen molar-refractivity contribution in [2.24, 2.45) is 0 Å². The lowest BCUT2D eigenvalue weighted by Gasteiger charge is -2.26. The second kappa shape index (κ2) is 6.46. The number of hydrogen-bond acceptors (Lipinski definition) is 4. The summed E-state index contributed by atoms with van der Waals surface area (Å²) in [7, 11) is 0. The summed E-state index contributed by atoms with van der Waals surface area (Å²) in [6.45, 7) is 0.0903. The number of likely N-dealkylation sites (tertiary alicyclic amines) is 1. The molecule has 0 spiro atoms. The first kappa shape index (κ1) is 16.2. The zero-order chi connectivity index (χ0) is 17.2. The van der Waals surface area contributed by atoms with E-state index in [4.69, 9.17) is 0 Å². The third-order valence-electron chi connectivity index (χ3n) is 3.82. The first-order valence-electron chi connectivity index (χ1n) is 7.47. The number of carbonyl (C=O) groups excluding carboxylic acids is 1. The van der Waals surface area contributed by atoms with E-state index in [9.17, 15) is 18.0 Å². The number of carbonyl (C=O) groups is 1. The molecule has 0 aliphatic carbocycles. The van der Waals surface area contributed by atoms with Crippen molar-refractivity contribution in [2.75, 3.05) is 11.9 Å². The molecule has 1 N–H and O–H groups in total. The Balaban J connectivity index is 1.72. The number of aromatic nitrogens is 2. The number of nitrogens with zero attached hydrogens (tertiary/aromatic N) is 3. The maximum atomic E-state index is 13.0. The molecule has 1 atom stereocenters. The summed E-state index contributed by atoms with van der Waals surface area (Å²) in [6.07, 6.45) is -1.66. The summed E-state index contributed by atoms with van der Waals surface area (Å²) in [6, 6.07) is 7.45. The Labute approximate surface area is 136 Å². The Morgan fingerprint density at radius 1 is 1.17 bits per heavy atom. The van der Waals surface area contributed by atoms with Gasteiger partial charge in [0, 0.05) is 24.6 Å². The standard InChI is InChI=1S/C16H15F3N4O/c17-16(18,19)13-7-4-8-23(13)14(24)11-9-20-15(21-10-11)22-12-5-2-1-3-6-12/h1-3,5-6,9-10,13H,4,7-8H2,(H,20,21,22). The summed E-state index contributed by atoms with van der Waals surface area (Å²) in [4.78, 5) is 21.2. The summed E-state index contributed by atoms with van der Waals surface area (Å²) >= 11 is 0. The molecule has 8 heteroatoms. The largest absolute Gasteiger partial charge is 0.408 e. The molecule has 1 aliphatic heterocycles. The SMILES string of the molecule is O=C(c1cnc(Nc2ccccc2)nc1)N1CCCC1C(F)(F)F.